The summed E-state index contributed by atoms with van der Waals surface area (Å²) in [5.74, 6) is -1.35. The van der Waals surface area contributed by atoms with E-state index in [9.17, 15) is 9.18 Å². The minimum atomic E-state index is -1.02. The summed E-state index contributed by atoms with van der Waals surface area (Å²) in [5, 5.41) is 12.9. The molecular weight excluding hydrogens is 414 g/mol. The fraction of sp³-hybridized carbons (Fsp3) is 0.176. The van der Waals surface area contributed by atoms with E-state index < -0.39 is 17.8 Å². The van der Waals surface area contributed by atoms with Crippen LogP contribution in [0.5, 0.6) is 11.6 Å². The van der Waals surface area contributed by atoms with E-state index in [0.29, 0.717) is 5.56 Å². The van der Waals surface area contributed by atoms with Crippen LogP contribution < -0.4 is 10.5 Å². The molecule has 1 aromatic carbocycles. The predicted molar refractivity (Wildman–Crippen MR) is 98.0 cm³/mol. The molecule has 0 aliphatic carbocycles. The normalized spacial score (nSPS) is 12.0. The molecule has 0 saturated heterocycles. The molecule has 0 amide bonds. The fourth-order valence-corrected chi connectivity index (χ4v) is 2.70. The van der Waals surface area contributed by atoms with Gasteiger partial charge in [-0.25, -0.2) is 9.37 Å². The highest BCUT2D eigenvalue weighted by Crippen LogP contribution is 2.32. The molecule has 146 valence electrons. The van der Waals surface area contributed by atoms with Crippen molar-refractivity contribution in [1.29, 1.82) is 0 Å². The first-order valence-corrected chi connectivity index (χ1v) is 8.66. The largest absolute Gasteiger partial charge is 0.481 e. The molecule has 0 aliphatic rings. The Bertz CT molecular complexity index is 1010. The number of halogens is 3. The Morgan fingerprint density at radius 3 is 2.82 bits per heavy atom. The third kappa shape index (κ3) is 4.94. The molecule has 11 heteroatoms. The number of rotatable bonds is 7. The van der Waals surface area contributed by atoms with Gasteiger partial charge < -0.3 is 20.1 Å². The number of benzene rings is 1. The molecule has 0 aliphatic heterocycles. The van der Waals surface area contributed by atoms with E-state index in [1.807, 2.05) is 0 Å². The number of nitrogens with two attached hydrogens (primary N) is 1. The molecule has 2 heterocycles. The van der Waals surface area contributed by atoms with Crippen LogP contribution in [0.2, 0.25) is 10.0 Å². The molecule has 28 heavy (non-hydrogen) atoms. The van der Waals surface area contributed by atoms with Gasteiger partial charge in [-0.05, 0) is 18.2 Å². The van der Waals surface area contributed by atoms with Crippen molar-refractivity contribution in [2.75, 3.05) is 0 Å². The lowest BCUT2D eigenvalue weighted by Gasteiger charge is -2.07. The van der Waals surface area contributed by atoms with Crippen LogP contribution in [0.3, 0.4) is 0 Å². The van der Waals surface area contributed by atoms with E-state index in [-0.39, 0.29) is 46.2 Å². The minimum Gasteiger partial charge on any atom is -0.481 e. The molecular formula is C17H13Cl2FN4O4. The summed E-state index contributed by atoms with van der Waals surface area (Å²) in [4.78, 5) is 18.6. The van der Waals surface area contributed by atoms with Crippen LogP contribution in [-0.2, 0) is 11.2 Å². The number of aliphatic carboxylic acids is 1. The van der Waals surface area contributed by atoms with Crippen molar-refractivity contribution < 1.29 is 23.6 Å². The zero-order valence-corrected chi connectivity index (χ0v) is 15.6. The lowest BCUT2D eigenvalue weighted by Crippen LogP contribution is -2.26. The van der Waals surface area contributed by atoms with Crippen molar-refractivity contribution in [2.24, 2.45) is 5.73 Å². The first kappa shape index (κ1) is 20.0. The lowest BCUT2D eigenvalue weighted by molar-refractivity contribution is -0.137. The molecule has 8 nitrogen and oxygen atoms in total. The van der Waals surface area contributed by atoms with Gasteiger partial charge in [-0.1, -0.05) is 28.4 Å². The van der Waals surface area contributed by atoms with Gasteiger partial charge in [0.25, 0.3) is 5.88 Å². The average molecular weight is 427 g/mol. The maximum atomic E-state index is 13.8. The van der Waals surface area contributed by atoms with Crippen molar-refractivity contribution in [2.45, 2.75) is 18.9 Å². The number of nitrogens with zero attached hydrogens (tertiary/aromatic N) is 3. The van der Waals surface area contributed by atoms with E-state index in [0.717, 1.165) is 6.07 Å². The second kappa shape index (κ2) is 8.51. The summed E-state index contributed by atoms with van der Waals surface area (Å²) in [6.45, 7) is 0. The summed E-state index contributed by atoms with van der Waals surface area (Å²) in [6.07, 6.45) is 1.14. The van der Waals surface area contributed by atoms with Gasteiger partial charge in [-0.15, -0.1) is 0 Å². The molecule has 1 atom stereocenters. The number of carbonyl (C=O) groups is 1. The monoisotopic (exact) mass is 426 g/mol. The van der Waals surface area contributed by atoms with Crippen LogP contribution in [-0.4, -0.2) is 32.2 Å². The Morgan fingerprint density at radius 2 is 2.14 bits per heavy atom. The van der Waals surface area contributed by atoms with Crippen LogP contribution in [0, 0.1) is 5.82 Å². The Hall–Kier alpha value is -2.75. The number of pyridine rings is 1. The van der Waals surface area contributed by atoms with Gasteiger partial charge in [0.15, 0.2) is 5.82 Å². The van der Waals surface area contributed by atoms with E-state index in [4.69, 9.17) is 43.3 Å². The minimum absolute atomic E-state index is 0.111. The van der Waals surface area contributed by atoms with Crippen LogP contribution in [0.15, 0.2) is 35.0 Å². The van der Waals surface area contributed by atoms with Crippen LogP contribution in [0.4, 0.5) is 4.39 Å². The molecule has 3 N–H and O–H groups in total. The van der Waals surface area contributed by atoms with Gasteiger partial charge in [-0.2, -0.15) is 4.98 Å². The second-order valence-corrected chi connectivity index (χ2v) is 6.60. The maximum absolute atomic E-state index is 13.8. The van der Waals surface area contributed by atoms with Gasteiger partial charge in [0.05, 0.1) is 16.5 Å². The average Bonchev–Trinajstić information content (AvgIpc) is 3.04. The highest BCUT2D eigenvalue weighted by atomic mass is 35.5. The highest BCUT2D eigenvalue weighted by molar-refractivity contribution is 6.33. The Balaban J connectivity index is 1.75. The summed E-state index contributed by atoms with van der Waals surface area (Å²) in [6, 6.07) is 4.97. The van der Waals surface area contributed by atoms with Gasteiger partial charge in [-0.3, -0.25) is 4.79 Å². The summed E-state index contributed by atoms with van der Waals surface area (Å²) >= 11 is 11.9. The Labute approximate surface area is 168 Å². The molecule has 3 rings (SSSR count). The van der Waals surface area contributed by atoms with Crippen LogP contribution >= 0.6 is 23.2 Å². The topological polar surface area (TPSA) is 124 Å². The maximum Gasteiger partial charge on any atom is 0.304 e. The van der Waals surface area contributed by atoms with E-state index in [1.165, 1.54) is 18.3 Å². The molecule has 0 bridgehead atoms. The number of hydrogen-bond acceptors (Lipinski definition) is 7. The SMILES string of the molecule is N[C@@H](CC(=O)O)Cc1nc(-c2ccc(Oc3ncc(Cl)cc3F)cc2Cl)no1. The van der Waals surface area contributed by atoms with Crippen LogP contribution in [0.1, 0.15) is 12.3 Å². The quantitative estimate of drug-likeness (QED) is 0.585. The molecule has 0 spiro atoms. The van der Waals surface area contributed by atoms with Crippen molar-refractivity contribution in [3.8, 4) is 23.0 Å². The standard InChI is InChI=1S/C17H13Cl2FN4O4/c18-8-3-13(20)17(22-7-8)27-10-1-2-11(12(19)6-10)16-23-14(28-24-16)4-9(21)5-15(25)26/h1-3,6-7,9H,4-5,21H2,(H,25,26)/t9-/m1/s1. The molecule has 2 aromatic heterocycles. The Morgan fingerprint density at radius 1 is 1.36 bits per heavy atom. The molecule has 0 radical (unpaired) electrons. The van der Waals surface area contributed by atoms with E-state index in [2.05, 4.69) is 15.1 Å². The van der Waals surface area contributed by atoms with Gasteiger partial charge in [0, 0.05) is 30.3 Å². The molecule has 0 saturated carbocycles. The van der Waals surface area contributed by atoms with E-state index in [1.54, 1.807) is 6.07 Å². The number of ether oxygens (including phenoxy) is 1. The number of hydrogen-bond donors (Lipinski definition) is 2. The third-order valence-electron chi connectivity index (χ3n) is 3.51. The summed E-state index contributed by atoms with van der Waals surface area (Å²) in [7, 11) is 0. The number of carboxylic acids is 1. The van der Waals surface area contributed by atoms with Gasteiger partial charge in [0.2, 0.25) is 11.7 Å². The first-order valence-electron chi connectivity index (χ1n) is 7.90. The van der Waals surface area contributed by atoms with Gasteiger partial charge in [0.1, 0.15) is 5.75 Å². The summed E-state index contributed by atoms with van der Waals surface area (Å²) < 4.78 is 24.2. The first-order chi connectivity index (χ1) is 13.3. The lowest BCUT2D eigenvalue weighted by atomic mass is 10.1. The number of carboxylic acid groups (broad SMARTS) is 1. The van der Waals surface area contributed by atoms with Crippen molar-refractivity contribution in [1.82, 2.24) is 15.1 Å². The molecule has 0 unspecified atom stereocenters. The van der Waals surface area contributed by atoms with Crippen LogP contribution in [0.25, 0.3) is 11.4 Å². The zero-order chi connectivity index (χ0) is 20.3. The van der Waals surface area contributed by atoms with Crippen molar-refractivity contribution in [3.63, 3.8) is 0 Å². The fourth-order valence-electron chi connectivity index (χ4n) is 2.30. The number of aromatic nitrogens is 3. The Kier molecular flexibility index (Phi) is 6.08. The highest BCUT2D eigenvalue weighted by Gasteiger charge is 2.17. The third-order valence-corrected chi connectivity index (χ3v) is 4.03. The van der Waals surface area contributed by atoms with Crippen molar-refractivity contribution >= 4 is 29.2 Å². The molecule has 0 fully saturated rings. The smallest absolute Gasteiger partial charge is 0.304 e. The predicted octanol–water partition coefficient (Wildman–Crippen LogP) is 3.71. The molecule has 3 aromatic rings. The summed E-state index contributed by atoms with van der Waals surface area (Å²) in [5.41, 5.74) is 6.15. The van der Waals surface area contributed by atoms with Gasteiger partial charge >= 0.3 is 5.97 Å². The van der Waals surface area contributed by atoms with E-state index >= 15 is 0 Å². The van der Waals surface area contributed by atoms with Crippen molar-refractivity contribution in [3.05, 3.63) is 52.2 Å². The zero-order valence-electron chi connectivity index (χ0n) is 14.1. The second-order valence-electron chi connectivity index (χ2n) is 5.76.